The molecule has 0 saturated heterocycles. The molecule has 6 nitrogen and oxygen atoms in total. The van der Waals surface area contributed by atoms with Crippen LogP contribution in [-0.2, 0) is 0 Å². The third kappa shape index (κ3) is 3.92. The molecule has 1 aromatic heterocycles. The number of hydrogen-bond donors (Lipinski definition) is 1. The van der Waals surface area contributed by atoms with Crippen LogP contribution in [0.3, 0.4) is 0 Å². The van der Waals surface area contributed by atoms with Crippen LogP contribution in [0, 0.1) is 0 Å². The summed E-state index contributed by atoms with van der Waals surface area (Å²) >= 11 is 12.1. The van der Waals surface area contributed by atoms with Crippen LogP contribution in [-0.4, -0.2) is 25.3 Å². The van der Waals surface area contributed by atoms with Gasteiger partial charge in [-0.05, 0) is 30.3 Å². The first kappa shape index (κ1) is 18.1. The van der Waals surface area contributed by atoms with E-state index in [9.17, 15) is 4.79 Å². The number of rotatable bonds is 5. The van der Waals surface area contributed by atoms with Gasteiger partial charge in [0.25, 0.3) is 5.91 Å². The Kier molecular flexibility index (Phi) is 5.35. The second-order valence-electron chi connectivity index (χ2n) is 5.26. The monoisotopic (exact) mass is 392 g/mol. The van der Waals surface area contributed by atoms with Crippen molar-refractivity contribution in [2.24, 2.45) is 0 Å². The third-order valence-corrected chi connectivity index (χ3v) is 4.12. The van der Waals surface area contributed by atoms with Crippen molar-refractivity contribution in [1.82, 2.24) is 5.16 Å². The van der Waals surface area contributed by atoms with Crippen LogP contribution in [0.1, 0.15) is 10.4 Å². The van der Waals surface area contributed by atoms with Gasteiger partial charge in [0.15, 0.2) is 11.6 Å². The highest BCUT2D eigenvalue weighted by molar-refractivity contribution is 6.35. The van der Waals surface area contributed by atoms with Crippen molar-refractivity contribution in [3.63, 3.8) is 0 Å². The number of hydrogen-bond acceptors (Lipinski definition) is 5. The van der Waals surface area contributed by atoms with Gasteiger partial charge in [-0.15, -0.1) is 0 Å². The van der Waals surface area contributed by atoms with Gasteiger partial charge in [-0.1, -0.05) is 28.4 Å². The van der Waals surface area contributed by atoms with Gasteiger partial charge in [0.05, 0.1) is 19.2 Å². The first-order valence-corrected chi connectivity index (χ1v) is 8.22. The Balaban J connectivity index is 1.83. The number of halogens is 2. The first-order valence-electron chi connectivity index (χ1n) is 7.46. The van der Waals surface area contributed by atoms with E-state index in [0.29, 0.717) is 38.4 Å². The standard InChI is InChI=1S/C18H14Cl2N2O4/c1-24-12-5-10(6-13(8-12)25-2)18(23)21-17-9-16(26-22-17)14-7-11(19)3-4-15(14)20/h3-9H,1-2H3,(H,21,22,23). The highest BCUT2D eigenvalue weighted by Crippen LogP contribution is 2.32. The molecule has 0 aliphatic rings. The molecule has 3 aromatic rings. The summed E-state index contributed by atoms with van der Waals surface area (Å²) in [6.45, 7) is 0. The van der Waals surface area contributed by atoms with E-state index in [0.717, 1.165) is 0 Å². The fourth-order valence-corrected chi connectivity index (χ4v) is 2.66. The van der Waals surface area contributed by atoms with Crippen molar-refractivity contribution >= 4 is 34.9 Å². The lowest BCUT2D eigenvalue weighted by molar-refractivity contribution is 0.102. The molecular formula is C18H14Cl2N2O4. The maximum absolute atomic E-state index is 12.5. The summed E-state index contributed by atoms with van der Waals surface area (Å²) in [7, 11) is 3.02. The van der Waals surface area contributed by atoms with E-state index in [1.54, 1.807) is 42.5 Å². The fourth-order valence-electron chi connectivity index (χ4n) is 2.27. The number of amides is 1. The Morgan fingerprint density at radius 3 is 2.38 bits per heavy atom. The Bertz CT molecular complexity index is 934. The predicted molar refractivity (Wildman–Crippen MR) is 99.5 cm³/mol. The maximum Gasteiger partial charge on any atom is 0.257 e. The molecular weight excluding hydrogens is 379 g/mol. The van der Waals surface area contributed by atoms with Crippen molar-refractivity contribution < 1.29 is 18.8 Å². The zero-order valence-corrected chi connectivity index (χ0v) is 15.4. The normalized spacial score (nSPS) is 10.5. The molecule has 0 bridgehead atoms. The zero-order chi connectivity index (χ0) is 18.7. The van der Waals surface area contributed by atoms with Crippen LogP contribution < -0.4 is 14.8 Å². The topological polar surface area (TPSA) is 73.6 Å². The number of carbonyl (C=O) groups is 1. The summed E-state index contributed by atoms with van der Waals surface area (Å²) in [6, 6.07) is 11.4. The molecule has 0 unspecified atom stereocenters. The molecule has 8 heteroatoms. The Labute approximate surface area is 159 Å². The number of methoxy groups -OCH3 is 2. The van der Waals surface area contributed by atoms with E-state index >= 15 is 0 Å². The van der Waals surface area contributed by atoms with Crippen molar-refractivity contribution in [1.29, 1.82) is 0 Å². The summed E-state index contributed by atoms with van der Waals surface area (Å²) in [5, 5.41) is 7.47. The number of benzene rings is 2. The van der Waals surface area contributed by atoms with Crippen molar-refractivity contribution in [2.45, 2.75) is 0 Å². The average molecular weight is 393 g/mol. The molecule has 0 spiro atoms. The van der Waals surface area contributed by atoms with E-state index in [-0.39, 0.29) is 11.7 Å². The minimum Gasteiger partial charge on any atom is -0.497 e. The van der Waals surface area contributed by atoms with E-state index in [4.69, 9.17) is 37.2 Å². The van der Waals surface area contributed by atoms with Gasteiger partial charge in [-0.2, -0.15) is 0 Å². The van der Waals surface area contributed by atoms with Crippen molar-refractivity contribution in [3.05, 3.63) is 58.1 Å². The van der Waals surface area contributed by atoms with Gasteiger partial charge in [0, 0.05) is 28.3 Å². The van der Waals surface area contributed by atoms with Gasteiger partial charge in [-0.3, -0.25) is 4.79 Å². The second-order valence-corrected chi connectivity index (χ2v) is 6.10. The van der Waals surface area contributed by atoms with Crippen LogP contribution in [0.15, 0.2) is 47.0 Å². The molecule has 1 heterocycles. The van der Waals surface area contributed by atoms with Crippen LogP contribution in [0.5, 0.6) is 11.5 Å². The average Bonchev–Trinajstić information content (AvgIpc) is 3.11. The van der Waals surface area contributed by atoms with Crippen LogP contribution >= 0.6 is 23.2 Å². The number of carbonyl (C=O) groups excluding carboxylic acids is 1. The zero-order valence-electron chi connectivity index (χ0n) is 13.9. The highest BCUT2D eigenvalue weighted by Gasteiger charge is 2.15. The predicted octanol–water partition coefficient (Wildman–Crippen LogP) is 4.92. The SMILES string of the molecule is COc1cc(OC)cc(C(=O)Nc2cc(-c3cc(Cl)ccc3Cl)on2)c1. The Hall–Kier alpha value is -2.70. The highest BCUT2D eigenvalue weighted by atomic mass is 35.5. The first-order chi connectivity index (χ1) is 12.5. The Morgan fingerprint density at radius 1 is 1.04 bits per heavy atom. The molecule has 1 amide bonds. The molecule has 0 radical (unpaired) electrons. The van der Waals surface area contributed by atoms with Crippen LogP contribution in [0.2, 0.25) is 10.0 Å². The number of anilines is 1. The number of ether oxygens (including phenoxy) is 2. The smallest absolute Gasteiger partial charge is 0.257 e. The summed E-state index contributed by atoms with van der Waals surface area (Å²) < 4.78 is 15.6. The summed E-state index contributed by atoms with van der Waals surface area (Å²) in [5.74, 6) is 1.24. The maximum atomic E-state index is 12.5. The lowest BCUT2D eigenvalue weighted by Crippen LogP contribution is -2.12. The van der Waals surface area contributed by atoms with Crippen LogP contribution in [0.25, 0.3) is 11.3 Å². The summed E-state index contributed by atoms with van der Waals surface area (Å²) in [4.78, 5) is 12.5. The molecule has 3 rings (SSSR count). The van der Waals surface area contributed by atoms with Crippen molar-refractivity contribution in [3.8, 4) is 22.8 Å². The fraction of sp³-hybridized carbons (Fsp3) is 0.111. The van der Waals surface area contributed by atoms with Crippen molar-refractivity contribution in [2.75, 3.05) is 19.5 Å². The lowest BCUT2D eigenvalue weighted by Gasteiger charge is -2.07. The second kappa shape index (κ2) is 7.68. The molecule has 0 fully saturated rings. The van der Waals surface area contributed by atoms with E-state index in [1.807, 2.05) is 0 Å². The minimum atomic E-state index is -0.390. The van der Waals surface area contributed by atoms with Gasteiger partial charge in [0.1, 0.15) is 11.5 Å². The molecule has 0 aliphatic carbocycles. The van der Waals surface area contributed by atoms with E-state index < -0.39 is 0 Å². The van der Waals surface area contributed by atoms with Crippen LogP contribution in [0.4, 0.5) is 5.82 Å². The number of aromatic nitrogens is 1. The number of nitrogens with one attached hydrogen (secondary N) is 1. The van der Waals surface area contributed by atoms with E-state index in [1.165, 1.54) is 14.2 Å². The van der Waals surface area contributed by atoms with Gasteiger partial charge >= 0.3 is 0 Å². The molecule has 134 valence electrons. The largest absolute Gasteiger partial charge is 0.497 e. The molecule has 1 N–H and O–H groups in total. The Morgan fingerprint density at radius 2 is 1.73 bits per heavy atom. The van der Waals surface area contributed by atoms with Gasteiger partial charge in [0.2, 0.25) is 0 Å². The lowest BCUT2D eigenvalue weighted by atomic mass is 10.1. The summed E-state index contributed by atoms with van der Waals surface area (Å²) in [6.07, 6.45) is 0. The van der Waals surface area contributed by atoms with Gasteiger partial charge < -0.3 is 19.3 Å². The molecule has 0 atom stereocenters. The molecule has 26 heavy (non-hydrogen) atoms. The summed E-state index contributed by atoms with van der Waals surface area (Å²) in [5.41, 5.74) is 0.932. The van der Waals surface area contributed by atoms with Gasteiger partial charge in [-0.25, -0.2) is 0 Å². The quantitative estimate of drug-likeness (QED) is 0.666. The molecule has 0 saturated carbocycles. The molecule has 2 aromatic carbocycles. The third-order valence-electron chi connectivity index (χ3n) is 3.56. The van der Waals surface area contributed by atoms with E-state index in [2.05, 4.69) is 10.5 Å². The number of nitrogens with zero attached hydrogens (tertiary/aromatic N) is 1. The molecule has 0 aliphatic heterocycles. The minimum absolute atomic E-state index is 0.239.